The highest BCUT2D eigenvalue weighted by atomic mass is 16.2. The number of benzene rings is 1. The number of hydrogen-bond donors (Lipinski definition) is 1. The van der Waals surface area contributed by atoms with E-state index in [2.05, 4.69) is 11.4 Å². The number of likely N-dealkylation sites (N-methyl/N-ethyl adjacent to an activating group) is 1. The average Bonchev–Trinajstić information content (AvgIpc) is 2.34. The molecule has 1 N–H and O–H groups in total. The number of rotatable bonds is 6. The van der Waals surface area contributed by atoms with Gasteiger partial charge in [-0.3, -0.25) is 9.69 Å². The lowest BCUT2D eigenvalue weighted by Gasteiger charge is -2.17. The maximum atomic E-state index is 11.9. The summed E-state index contributed by atoms with van der Waals surface area (Å²) in [5.41, 5.74) is 3.04. The molecule has 0 fully saturated rings. The lowest BCUT2D eigenvalue weighted by molar-refractivity contribution is -0.117. The number of nitrogens with zero attached hydrogens (tertiary/aromatic N) is 2. The van der Waals surface area contributed by atoms with E-state index >= 15 is 0 Å². The first-order chi connectivity index (χ1) is 9.04. The summed E-state index contributed by atoms with van der Waals surface area (Å²) in [5.74, 6) is -0.0168. The van der Waals surface area contributed by atoms with Crippen molar-refractivity contribution in [3.8, 4) is 6.07 Å². The molecule has 1 amide bonds. The van der Waals surface area contributed by atoms with Gasteiger partial charge in [-0.2, -0.15) is 5.26 Å². The molecule has 0 spiro atoms. The van der Waals surface area contributed by atoms with Crippen LogP contribution in [0.3, 0.4) is 0 Å². The molecule has 0 unspecified atom stereocenters. The molecule has 0 aliphatic rings. The van der Waals surface area contributed by atoms with Gasteiger partial charge in [-0.15, -0.1) is 0 Å². The van der Waals surface area contributed by atoms with Gasteiger partial charge in [-0.25, -0.2) is 0 Å². The van der Waals surface area contributed by atoms with Crippen LogP contribution in [0.25, 0.3) is 0 Å². The number of nitrogens with one attached hydrogen (secondary N) is 1. The Bertz CT molecular complexity index is 457. The number of nitriles is 1. The van der Waals surface area contributed by atoms with Gasteiger partial charge in [0.2, 0.25) is 5.91 Å². The van der Waals surface area contributed by atoms with Crippen molar-refractivity contribution in [3.63, 3.8) is 0 Å². The Morgan fingerprint density at radius 2 is 2.00 bits per heavy atom. The summed E-state index contributed by atoms with van der Waals surface area (Å²) in [6.07, 6.45) is 1.33. The molecule has 1 rings (SSSR count). The molecule has 19 heavy (non-hydrogen) atoms. The maximum absolute atomic E-state index is 11.9. The monoisotopic (exact) mass is 259 g/mol. The first-order valence-corrected chi connectivity index (χ1v) is 6.46. The van der Waals surface area contributed by atoms with Crippen molar-refractivity contribution in [2.24, 2.45) is 0 Å². The smallest absolute Gasteiger partial charge is 0.238 e. The molecule has 102 valence electrons. The molecule has 0 atom stereocenters. The van der Waals surface area contributed by atoms with Crippen molar-refractivity contribution in [3.05, 3.63) is 29.3 Å². The van der Waals surface area contributed by atoms with Crippen LogP contribution in [0.5, 0.6) is 0 Å². The summed E-state index contributed by atoms with van der Waals surface area (Å²) in [5, 5.41) is 11.4. The van der Waals surface area contributed by atoms with Crippen LogP contribution in [0, 0.1) is 25.2 Å². The number of para-hydroxylation sites is 1. The van der Waals surface area contributed by atoms with Crippen LogP contribution in [-0.2, 0) is 4.79 Å². The van der Waals surface area contributed by atoms with Gasteiger partial charge in [0.25, 0.3) is 0 Å². The van der Waals surface area contributed by atoms with Crippen LogP contribution in [0.2, 0.25) is 0 Å². The van der Waals surface area contributed by atoms with Crippen molar-refractivity contribution in [1.82, 2.24) is 4.90 Å². The lowest BCUT2D eigenvalue weighted by Crippen LogP contribution is -2.31. The summed E-state index contributed by atoms with van der Waals surface area (Å²) >= 11 is 0. The standard InChI is InChI=1S/C15H21N3O/c1-12-7-6-8-13(2)15(12)17-14(19)11-18(3)10-5-4-9-16/h6-8H,4-5,10-11H2,1-3H3,(H,17,19). The average molecular weight is 259 g/mol. The van der Waals surface area contributed by atoms with E-state index in [-0.39, 0.29) is 5.91 Å². The molecule has 0 aromatic heterocycles. The molecule has 0 saturated carbocycles. The van der Waals surface area contributed by atoms with Gasteiger partial charge in [0.15, 0.2) is 0 Å². The van der Waals surface area contributed by atoms with Crippen molar-refractivity contribution >= 4 is 11.6 Å². The van der Waals surface area contributed by atoms with Crippen molar-refractivity contribution in [2.75, 3.05) is 25.5 Å². The number of unbranched alkanes of at least 4 members (excludes halogenated alkanes) is 1. The largest absolute Gasteiger partial charge is 0.324 e. The Kier molecular flexibility index (Phi) is 6.04. The van der Waals surface area contributed by atoms with Gasteiger partial charge < -0.3 is 5.32 Å². The Balaban J connectivity index is 2.49. The van der Waals surface area contributed by atoms with Crippen LogP contribution < -0.4 is 5.32 Å². The van der Waals surface area contributed by atoms with Crippen LogP contribution in [-0.4, -0.2) is 30.9 Å². The van der Waals surface area contributed by atoms with Crippen molar-refractivity contribution in [2.45, 2.75) is 26.7 Å². The molecule has 1 aromatic rings. The summed E-state index contributed by atoms with van der Waals surface area (Å²) < 4.78 is 0. The van der Waals surface area contributed by atoms with Gasteiger partial charge in [0.1, 0.15) is 0 Å². The first kappa shape index (κ1) is 15.2. The fraction of sp³-hybridized carbons (Fsp3) is 0.467. The minimum Gasteiger partial charge on any atom is -0.324 e. The van der Waals surface area contributed by atoms with Gasteiger partial charge in [-0.1, -0.05) is 18.2 Å². The van der Waals surface area contributed by atoms with E-state index in [4.69, 9.17) is 5.26 Å². The normalized spacial score (nSPS) is 10.3. The third-order valence-electron chi connectivity index (χ3n) is 2.99. The molecule has 0 radical (unpaired) electrons. The fourth-order valence-corrected chi connectivity index (χ4v) is 1.94. The summed E-state index contributed by atoms with van der Waals surface area (Å²) in [4.78, 5) is 13.9. The molecule has 0 saturated heterocycles. The van der Waals surface area contributed by atoms with E-state index < -0.39 is 0 Å². The Labute approximate surface area is 115 Å². The molecule has 1 aromatic carbocycles. The predicted octanol–water partition coefficient (Wildman–Crippen LogP) is 2.48. The SMILES string of the molecule is Cc1cccc(C)c1NC(=O)CN(C)CCCC#N. The van der Waals surface area contributed by atoms with Crippen molar-refractivity contribution in [1.29, 1.82) is 5.26 Å². The van der Waals surface area contributed by atoms with E-state index in [0.29, 0.717) is 13.0 Å². The minimum absolute atomic E-state index is 0.0168. The summed E-state index contributed by atoms with van der Waals surface area (Å²) in [7, 11) is 1.89. The van der Waals surface area contributed by atoms with E-state index in [1.807, 2.05) is 44.0 Å². The third kappa shape index (κ3) is 5.11. The highest BCUT2D eigenvalue weighted by molar-refractivity contribution is 5.93. The molecule has 0 aliphatic heterocycles. The van der Waals surface area contributed by atoms with Gasteiger partial charge in [0.05, 0.1) is 12.6 Å². The fourth-order valence-electron chi connectivity index (χ4n) is 1.94. The zero-order valence-electron chi connectivity index (χ0n) is 11.9. The number of hydrogen-bond acceptors (Lipinski definition) is 3. The molecular weight excluding hydrogens is 238 g/mol. The van der Waals surface area contributed by atoms with Crippen LogP contribution >= 0.6 is 0 Å². The Morgan fingerprint density at radius 1 is 1.37 bits per heavy atom. The molecule has 0 bridgehead atoms. The number of carbonyl (C=O) groups is 1. The quantitative estimate of drug-likeness (QED) is 0.798. The van der Waals surface area contributed by atoms with Gasteiger partial charge >= 0.3 is 0 Å². The van der Waals surface area contributed by atoms with Crippen LogP contribution in [0.15, 0.2) is 18.2 Å². The number of carbonyl (C=O) groups excluding carboxylic acids is 1. The number of aryl methyl sites for hydroxylation is 2. The zero-order chi connectivity index (χ0) is 14.3. The topological polar surface area (TPSA) is 56.1 Å². The highest BCUT2D eigenvalue weighted by Gasteiger charge is 2.09. The van der Waals surface area contributed by atoms with Crippen LogP contribution in [0.4, 0.5) is 5.69 Å². The third-order valence-corrected chi connectivity index (χ3v) is 2.99. The number of anilines is 1. The second-order valence-electron chi connectivity index (χ2n) is 4.81. The number of amides is 1. The van der Waals surface area contributed by atoms with E-state index in [1.54, 1.807) is 0 Å². The van der Waals surface area contributed by atoms with Crippen molar-refractivity contribution < 1.29 is 4.79 Å². The first-order valence-electron chi connectivity index (χ1n) is 6.46. The minimum atomic E-state index is -0.0168. The Hall–Kier alpha value is -1.86. The van der Waals surface area contributed by atoms with E-state index in [0.717, 1.165) is 29.8 Å². The lowest BCUT2D eigenvalue weighted by atomic mass is 10.1. The predicted molar refractivity (Wildman–Crippen MR) is 76.9 cm³/mol. The molecule has 4 heteroatoms. The molecular formula is C15H21N3O. The van der Waals surface area contributed by atoms with Gasteiger partial charge in [-0.05, 0) is 45.0 Å². The van der Waals surface area contributed by atoms with Gasteiger partial charge in [0, 0.05) is 12.1 Å². The maximum Gasteiger partial charge on any atom is 0.238 e. The highest BCUT2D eigenvalue weighted by Crippen LogP contribution is 2.19. The summed E-state index contributed by atoms with van der Waals surface area (Å²) in [6.45, 7) is 5.07. The second-order valence-corrected chi connectivity index (χ2v) is 4.81. The van der Waals surface area contributed by atoms with Crippen LogP contribution in [0.1, 0.15) is 24.0 Å². The van der Waals surface area contributed by atoms with E-state index in [9.17, 15) is 4.79 Å². The van der Waals surface area contributed by atoms with E-state index in [1.165, 1.54) is 0 Å². The molecule has 4 nitrogen and oxygen atoms in total. The molecule has 0 heterocycles. The summed E-state index contributed by atoms with van der Waals surface area (Å²) in [6, 6.07) is 8.06. The zero-order valence-corrected chi connectivity index (χ0v) is 11.9. The molecule has 0 aliphatic carbocycles. The second kappa shape index (κ2) is 7.55. The Morgan fingerprint density at radius 3 is 2.58 bits per heavy atom.